The molecular formula is C8H9BrF3N3O. The van der Waals surface area contributed by atoms with Crippen molar-refractivity contribution in [3.8, 4) is 0 Å². The number of alkyl halides is 3. The first-order chi connectivity index (χ1) is 7.49. The Hall–Kier alpha value is -0.890. The van der Waals surface area contributed by atoms with Crippen LogP contribution in [0.3, 0.4) is 0 Å². The Morgan fingerprint density at radius 3 is 2.81 bits per heavy atom. The monoisotopic (exact) mass is 299 g/mol. The molecule has 0 bridgehead atoms. The van der Waals surface area contributed by atoms with E-state index in [1.54, 1.807) is 0 Å². The summed E-state index contributed by atoms with van der Waals surface area (Å²) in [6, 6.07) is 0. The van der Waals surface area contributed by atoms with Crippen LogP contribution in [0.25, 0.3) is 0 Å². The minimum atomic E-state index is -4.28. The molecule has 90 valence electrons. The summed E-state index contributed by atoms with van der Waals surface area (Å²) >= 11 is 3.19. The molecule has 0 spiro atoms. The van der Waals surface area contributed by atoms with E-state index < -0.39 is 12.8 Å². The standard InChI is InChI=1S/C8H9BrF3N3O/c9-6-3-13-5-15-7(6)14-1-2-16-4-8(10,11)12/h3,5H,1-2,4H2,(H,13,14,15). The fraction of sp³-hybridized carbons (Fsp3) is 0.500. The number of halogens is 4. The number of rotatable bonds is 5. The molecule has 1 aromatic heterocycles. The lowest BCUT2D eigenvalue weighted by Crippen LogP contribution is -2.20. The first-order valence-corrected chi connectivity index (χ1v) is 5.12. The van der Waals surface area contributed by atoms with Crippen molar-refractivity contribution < 1.29 is 17.9 Å². The molecule has 0 unspecified atom stereocenters. The van der Waals surface area contributed by atoms with E-state index in [2.05, 4.69) is 36.0 Å². The Morgan fingerprint density at radius 2 is 2.19 bits per heavy atom. The van der Waals surface area contributed by atoms with Crippen molar-refractivity contribution in [2.45, 2.75) is 6.18 Å². The molecule has 0 aliphatic carbocycles. The predicted molar refractivity (Wildman–Crippen MR) is 55.1 cm³/mol. The summed E-state index contributed by atoms with van der Waals surface area (Å²) in [4.78, 5) is 7.62. The molecular weight excluding hydrogens is 291 g/mol. The van der Waals surface area contributed by atoms with E-state index in [4.69, 9.17) is 0 Å². The summed E-state index contributed by atoms with van der Waals surface area (Å²) in [6.45, 7) is -1.04. The van der Waals surface area contributed by atoms with E-state index in [0.717, 1.165) is 0 Å². The van der Waals surface area contributed by atoms with Crippen LogP contribution in [-0.2, 0) is 4.74 Å². The normalized spacial score (nSPS) is 11.5. The predicted octanol–water partition coefficient (Wildman–Crippen LogP) is 2.23. The minimum Gasteiger partial charge on any atom is -0.370 e. The third kappa shape index (κ3) is 5.26. The molecule has 1 rings (SSSR count). The highest BCUT2D eigenvalue weighted by atomic mass is 79.9. The molecule has 8 heteroatoms. The van der Waals surface area contributed by atoms with Crippen molar-refractivity contribution in [3.63, 3.8) is 0 Å². The number of anilines is 1. The molecule has 0 saturated carbocycles. The van der Waals surface area contributed by atoms with E-state index in [1.165, 1.54) is 12.5 Å². The number of hydrogen-bond donors (Lipinski definition) is 1. The van der Waals surface area contributed by atoms with Gasteiger partial charge in [0.15, 0.2) is 0 Å². The summed E-state index contributed by atoms with van der Waals surface area (Å²) in [5, 5.41) is 2.81. The van der Waals surface area contributed by atoms with Crippen molar-refractivity contribution in [3.05, 3.63) is 17.0 Å². The fourth-order valence-corrected chi connectivity index (χ4v) is 1.23. The van der Waals surface area contributed by atoms with Gasteiger partial charge >= 0.3 is 6.18 Å². The summed E-state index contributed by atoms with van der Waals surface area (Å²) in [6.07, 6.45) is -1.41. The second kappa shape index (κ2) is 6.00. The van der Waals surface area contributed by atoms with Gasteiger partial charge < -0.3 is 10.1 Å². The van der Waals surface area contributed by atoms with E-state index in [-0.39, 0.29) is 13.2 Å². The topological polar surface area (TPSA) is 47.0 Å². The van der Waals surface area contributed by atoms with Gasteiger partial charge in [-0.05, 0) is 15.9 Å². The summed E-state index contributed by atoms with van der Waals surface area (Å²) in [7, 11) is 0. The maximum atomic E-state index is 11.7. The second-order valence-corrected chi connectivity index (χ2v) is 3.67. The molecule has 1 N–H and O–H groups in total. The lowest BCUT2D eigenvalue weighted by Gasteiger charge is -2.09. The number of nitrogens with zero attached hydrogens (tertiary/aromatic N) is 2. The average molecular weight is 300 g/mol. The number of ether oxygens (including phenoxy) is 1. The van der Waals surface area contributed by atoms with Crippen molar-refractivity contribution in [1.82, 2.24) is 9.97 Å². The molecule has 0 radical (unpaired) electrons. The van der Waals surface area contributed by atoms with Gasteiger partial charge in [-0.2, -0.15) is 13.2 Å². The number of hydrogen-bond acceptors (Lipinski definition) is 4. The van der Waals surface area contributed by atoms with Crippen LogP contribution in [0.2, 0.25) is 0 Å². The molecule has 0 amide bonds. The quantitative estimate of drug-likeness (QED) is 0.847. The maximum Gasteiger partial charge on any atom is 0.411 e. The van der Waals surface area contributed by atoms with Crippen molar-refractivity contribution in [2.24, 2.45) is 0 Å². The molecule has 0 atom stereocenters. The van der Waals surface area contributed by atoms with Gasteiger partial charge in [0.05, 0.1) is 11.1 Å². The lowest BCUT2D eigenvalue weighted by molar-refractivity contribution is -0.172. The highest BCUT2D eigenvalue weighted by molar-refractivity contribution is 9.10. The van der Waals surface area contributed by atoms with Gasteiger partial charge in [-0.1, -0.05) is 0 Å². The second-order valence-electron chi connectivity index (χ2n) is 2.81. The highest BCUT2D eigenvalue weighted by Crippen LogP contribution is 2.17. The van der Waals surface area contributed by atoms with E-state index >= 15 is 0 Å². The molecule has 0 aromatic carbocycles. The zero-order valence-electron chi connectivity index (χ0n) is 8.09. The smallest absolute Gasteiger partial charge is 0.370 e. The van der Waals surface area contributed by atoms with E-state index in [1.807, 2.05) is 0 Å². The van der Waals surface area contributed by atoms with Crippen molar-refractivity contribution in [1.29, 1.82) is 0 Å². The molecule has 0 aliphatic rings. The van der Waals surface area contributed by atoms with Gasteiger partial charge in [0.2, 0.25) is 0 Å². The third-order valence-electron chi connectivity index (χ3n) is 1.47. The van der Waals surface area contributed by atoms with Crippen LogP contribution in [0.4, 0.5) is 19.0 Å². The largest absolute Gasteiger partial charge is 0.411 e. The first-order valence-electron chi connectivity index (χ1n) is 4.33. The van der Waals surface area contributed by atoms with Crippen LogP contribution >= 0.6 is 15.9 Å². The average Bonchev–Trinajstić information content (AvgIpc) is 2.18. The van der Waals surface area contributed by atoms with Crippen LogP contribution in [0.15, 0.2) is 17.0 Å². The Balaban J connectivity index is 2.19. The Kier molecular flexibility index (Phi) is 4.94. The molecule has 0 aliphatic heterocycles. The van der Waals surface area contributed by atoms with Gasteiger partial charge in [-0.25, -0.2) is 9.97 Å². The molecule has 0 fully saturated rings. The van der Waals surface area contributed by atoms with Gasteiger partial charge in [-0.15, -0.1) is 0 Å². The van der Waals surface area contributed by atoms with Crippen molar-refractivity contribution >= 4 is 21.7 Å². The van der Waals surface area contributed by atoms with Crippen LogP contribution in [0, 0.1) is 0 Å². The summed E-state index contributed by atoms with van der Waals surface area (Å²) in [5.74, 6) is 0.519. The lowest BCUT2D eigenvalue weighted by atomic mass is 10.5. The maximum absolute atomic E-state index is 11.7. The van der Waals surface area contributed by atoms with Gasteiger partial charge in [-0.3, -0.25) is 0 Å². The fourth-order valence-electron chi connectivity index (χ4n) is 0.872. The molecule has 0 saturated heterocycles. The first kappa shape index (κ1) is 13.2. The third-order valence-corrected chi connectivity index (χ3v) is 2.05. The summed E-state index contributed by atoms with van der Waals surface area (Å²) < 4.78 is 40.1. The van der Waals surface area contributed by atoms with Crippen LogP contribution in [-0.4, -0.2) is 35.9 Å². The zero-order chi connectivity index (χ0) is 12.0. The Bertz CT molecular complexity index is 335. The molecule has 1 heterocycles. The van der Waals surface area contributed by atoms with E-state index in [9.17, 15) is 13.2 Å². The Labute approximate surface area is 98.4 Å². The van der Waals surface area contributed by atoms with Crippen LogP contribution < -0.4 is 5.32 Å². The Morgan fingerprint density at radius 1 is 1.44 bits per heavy atom. The number of aromatic nitrogens is 2. The van der Waals surface area contributed by atoms with Crippen LogP contribution in [0.5, 0.6) is 0 Å². The van der Waals surface area contributed by atoms with E-state index in [0.29, 0.717) is 10.3 Å². The van der Waals surface area contributed by atoms with Gasteiger partial charge in [0, 0.05) is 12.7 Å². The SMILES string of the molecule is FC(F)(F)COCCNc1ncncc1Br. The molecule has 16 heavy (non-hydrogen) atoms. The van der Waals surface area contributed by atoms with Gasteiger partial charge in [0.25, 0.3) is 0 Å². The summed E-state index contributed by atoms with van der Waals surface area (Å²) in [5.41, 5.74) is 0. The molecule has 1 aromatic rings. The highest BCUT2D eigenvalue weighted by Gasteiger charge is 2.27. The van der Waals surface area contributed by atoms with Crippen molar-refractivity contribution in [2.75, 3.05) is 25.1 Å². The van der Waals surface area contributed by atoms with Gasteiger partial charge in [0.1, 0.15) is 18.8 Å². The number of nitrogens with one attached hydrogen (secondary N) is 1. The zero-order valence-corrected chi connectivity index (χ0v) is 9.68. The minimum absolute atomic E-state index is 0.0457. The molecule has 4 nitrogen and oxygen atoms in total. The van der Waals surface area contributed by atoms with Crippen LogP contribution in [0.1, 0.15) is 0 Å².